The summed E-state index contributed by atoms with van der Waals surface area (Å²) in [5.74, 6) is 2.24. The van der Waals surface area contributed by atoms with E-state index in [0.717, 1.165) is 25.9 Å². The number of piperidine rings is 1. The number of fused-ring (bicyclic) bond motifs is 1. The van der Waals surface area contributed by atoms with Gasteiger partial charge in [-0.3, -0.25) is 4.79 Å². The van der Waals surface area contributed by atoms with Crippen molar-refractivity contribution in [3.05, 3.63) is 34.9 Å². The van der Waals surface area contributed by atoms with Crippen molar-refractivity contribution < 1.29 is 14.3 Å². The van der Waals surface area contributed by atoms with E-state index in [2.05, 4.69) is 42.3 Å². The molecule has 1 aromatic carbocycles. The van der Waals surface area contributed by atoms with E-state index < -0.39 is 0 Å². The lowest BCUT2D eigenvalue weighted by molar-refractivity contribution is -0.140. The maximum atomic E-state index is 12.7. The van der Waals surface area contributed by atoms with Crippen LogP contribution in [0.1, 0.15) is 35.4 Å². The van der Waals surface area contributed by atoms with Gasteiger partial charge >= 0.3 is 6.09 Å². The van der Waals surface area contributed by atoms with E-state index in [9.17, 15) is 9.59 Å². The summed E-state index contributed by atoms with van der Waals surface area (Å²) >= 11 is 0. The molecule has 25 heavy (non-hydrogen) atoms. The van der Waals surface area contributed by atoms with Crippen LogP contribution in [0.4, 0.5) is 4.79 Å². The molecule has 5 heteroatoms. The number of carbonyl (C=O) groups is 2. The molecule has 1 spiro atoms. The molecule has 2 amide bonds. The van der Waals surface area contributed by atoms with Crippen LogP contribution in [0.2, 0.25) is 0 Å². The van der Waals surface area contributed by atoms with E-state index in [-0.39, 0.29) is 23.5 Å². The third-order valence-corrected chi connectivity index (χ3v) is 6.89. The van der Waals surface area contributed by atoms with Crippen LogP contribution in [0, 0.1) is 31.6 Å². The SMILES string of the molecule is Cc1ccc([C@H]2[C@@H]3CN(C(=O)C4CC5(COC(=O)N5)C4)C[C@@H]32)cc1C. The third kappa shape index (κ3) is 2.28. The highest BCUT2D eigenvalue weighted by molar-refractivity contribution is 5.82. The molecule has 4 aliphatic rings. The van der Waals surface area contributed by atoms with Gasteiger partial charge in [-0.1, -0.05) is 18.2 Å². The first-order valence-electron chi connectivity index (χ1n) is 9.27. The zero-order valence-electron chi connectivity index (χ0n) is 14.7. The number of rotatable bonds is 2. The van der Waals surface area contributed by atoms with Crippen LogP contribution < -0.4 is 5.32 Å². The Morgan fingerprint density at radius 1 is 1.20 bits per heavy atom. The first kappa shape index (κ1) is 15.2. The number of hydrogen-bond acceptors (Lipinski definition) is 3. The Morgan fingerprint density at radius 2 is 1.92 bits per heavy atom. The van der Waals surface area contributed by atoms with Crippen LogP contribution >= 0.6 is 0 Å². The highest BCUT2D eigenvalue weighted by Gasteiger charge is 2.59. The van der Waals surface area contributed by atoms with Crippen molar-refractivity contribution in [3.8, 4) is 0 Å². The number of benzene rings is 1. The maximum absolute atomic E-state index is 12.7. The molecule has 0 bridgehead atoms. The van der Waals surface area contributed by atoms with Gasteiger partial charge in [-0.05, 0) is 61.1 Å². The van der Waals surface area contributed by atoms with E-state index in [1.165, 1.54) is 16.7 Å². The van der Waals surface area contributed by atoms with Crippen LogP contribution in [0.5, 0.6) is 0 Å². The summed E-state index contributed by atoms with van der Waals surface area (Å²) in [5.41, 5.74) is 3.88. The fourth-order valence-corrected chi connectivity index (χ4v) is 5.20. The number of cyclic esters (lactones) is 1. The monoisotopic (exact) mass is 340 g/mol. The average molecular weight is 340 g/mol. The van der Waals surface area contributed by atoms with Crippen molar-refractivity contribution in [1.29, 1.82) is 0 Å². The lowest BCUT2D eigenvalue weighted by atomic mass is 9.68. The summed E-state index contributed by atoms with van der Waals surface area (Å²) in [7, 11) is 0. The first-order chi connectivity index (χ1) is 12.0. The number of amides is 2. The number of carbonyl (C=O) groups excluding carboxylic acids is 2. The Labute approximate surface area is 147 Å². The smallest absolute Gasteiger partial charge is 0.407 e. The number of nitrogens with one attached hydrogen (secondary N) is 1. The predicted octanol–water partition coefficient (Wildman–Crippen LogP) is 2.36. The Bertz CT molecular complexity index is 756. The van der Waals surface area contributed by atoms with Gasteiger partial charge in [-0.15, -0.1) is 0 Å². The maximum Gasteiger partial charge on any atom is 0.407 e. The minimum absolute atomic E-state index is 0.0552. The molecular formula is C20H24N2O3. The standard InChI is InChI=1S/C20H24N2O3/c1-11-3-4-13(5-12(11)2)17-15-8-22(9-16(15)17)18(23)14-6-20(7-14)10-25-19(24)21-20/h3-5,14-17H,6-10H2,1-2H3,(H,21,24)/t14?,15-,16+,17+,20?. The summed E-state index contributed by atoms with van der Waals surface area (Å²) in [6.45, 7) is 6.53. The number of ether oxygens (including phenoxy) is 1. The Balaban J connectivity index is 1.18. The second kappa shape index (κ2) is 4.99. The van der Waals surface area contributed by atoms with Crippen LogP contribution in [0.15, 0.2) is 18.2 Å². The topological polar surface area (TPSA) is 58.6 Å². The summed E-state index contributed by atoms with van der Waals surface area (Å²) in [6.07, 6.45) is 1.11. The van der Waals surface area contributed by atoms with Crippen molar-refractivity contribution in [1.82, 2.24) is 10.2 Å². The molecule has 132 valence electrons. The number of alkyl carbamates (subject to hydrolysis) is 1. The highest BCUT2D eigenvalue weighted by atomic mass is 16.6. The first-order valence-corrected chi connectivity index (χ1v) is 9.27. The van der Waals surface area contributed by atoms with E-state index in [1.54, 1.807) is 0 Å². The van der Waals surface area contributed by atoms with Crippen LogP contribution in [0.25, 0.3) is 0 Å². The zero-order chi connectivity index (χ0) is 17.3. The molecule has 1 N–H and O–H groups in total. The molecule has 1 aromatic rings. The Morgan fingerprint density at radius 3 is 2.52 bits per heavy atom. The second-order valence-corrected chi connectivity index (χ2v) is 8.53. The molecule has 5 nitrogen and oxygen atoms in total. The van der Waals surface area contributed by atoms with E-state index in [4.69, 9.17) is 4.74 Å². The van der Waals surface area contributed by atoms with E-state index in [1.807, 2.05) is 0 Å². The number of nitrogens with zero attached hydrogens (tertiary/aromatic N) is 1. The molecule has 2 heterocycles. The van der Waals surface area contributed by atoms with Crippen molar-refractivity contribution >= 4 is 12.0 Å². The fraction of sp³-hybridized carbons (Fsp3) is 0.600. The van der Waals surface area contributed by atoms with Gasteiger partial charge in [0.2, 0.25) is 5.91 Å². The summed E-state index contributed by atoms with van der Waals surface area (Å²) in [4.78, 5) is 26.0. The molecule has 3 atom stereocenters. The van der Waals surface area contributed by atoms with Gasteiger partial charge in [0.15, 0.2) is 0 Å². The highest BCUT2D eigenvalue weighted by Crippen LogP contribution is 2.58. The molecule has 2 saturated heterocycles. The van der Waals surface area contributed by atoms with Gasteiger partial charge in [0.1, 0.15) is 6.61 Å². The van der Waals surface area contributed by atoms with Gasteiger partial charge in [0.25, 0.3) is 0 Å². The molecule has 0 unspecified atom stereocenters. The lowest BCUT2D eigenvalue weighted by Gasteiger charge is -2.43. The number of aryl methyl sites for hydroxylation is 2. The van der Waals surface area contributed by atoms with Crippen molar-refractivity contribution in [2.45, 2.75) is 38.1 Å². The van der Waals surface area contributed by atoms with Crippen molar-refractivity contribution in [2.75, 3.05) is 19.7 Å². The Hall–Kier alpha value is -2.04. The second-order valence-electron chi connectivity index (χ2n) is 8.53. The van der Waals surface area contributed by atoms with Crippen LogP contribution in [0.3, 0.4) is 0 Å². The summed E-state index contributed by atoms with van der Waals surface area (Å²) < 4.78 is 4.99. The fourth-order valence-electron chi connectivity index (χ4n) is 5.20. The molecule has 0 radical (unpaired) electrons. The molecule has 2 aliphatic heterocycles. The number of likely N-dealkylation sites (tertiary alicyclic amines) is 1. The van der Waals surface area contributed by atoms with Gasteiger partial charge in [0, 0.05) is 19.0 Å². The average Bonchev–Trinajstić information content (AvgIpc) is 2.91. The summed E-state index contributed by atoms with van der Waals surface area (Å²) in [6, 6.07) is 6.80. The minimum Gasteiger partial charge on any atom is -0.447 e. The predicted molar refractivity (Wildman–Crippen MR) is 92.2 cm³/mol. The number of hydrogen-bond donors (Lipinski definition) is 1. The van der Waals surface area contributed by atoms with Gasteiger partial charge in [0.05, 0.1) is 5.54 Å². The molecule has 2 aliphatic carbocycles. The lowest BCUT2D eigenvalue weighted by Crippen LogP contribution is -2.58. The van der Waals surface area contributed by atoms with Crippen molar-refractivity contribution in [2.24, 2.45) is 17.8 Å². The molecule has 2 saturated carbocycles. The molecule has 4 fully saturated rings. The summed E-state index contributed by atoms with van der Waals surface area (Å²) in [5, 5.41) is 2.87. The van der Waals surface area contributed by atoms with E-state index in [0.29, 0.717) is 24.4 Å². The van der Waals surface area contributed by atoms with Gasteiger partial charge < -0.3 is 15.0 Å². The quantitative estimate of drug-likeness (QED) is 0.899. The van der Waals surface area contributed by atoms with Crippen LogP contribution in [-0.2, 0) is 9.53 Å². The molecule has 5 rings (SSSR count). The molecule has 0 aromatic heterocycles. The Kier molecular flexibility index (Phi) is 3.04. The zero-order valence-corrected chi connectivity index (χ0v) is 14.7. The van der Waals surface area contributed by atoms with Gasteiger partial charge in [-0.2, -0.15) is 0 Å². The molecular weight excluding hydrogens is 316 g/mol. The minimum atomic E-state index is -0.343. The van der Waals surface area contributed by atoms with Crippen molar-refractivity contribution in [3.63, 3.8) is 0 Å². The third-order valence-electron chi connectivity index (χ3n) is 6.89. The van der Waals surface area contributed by atoms with Gasteiger partial charge in [-0.25, -0.2) is 4.79 Å². The normalized spacial score (nSPS) is 38.2. The van der Waals surface area contributed by atoms with Crippen LogP contribution in [-0.4, -0.2) is 42.1 Å². The largest absolute Gasteiger partial charge is 0.447 e. The van der Waals surface area contributed by atoms with E-state index >= 15 is 0 Å².